The van der Waals surface area contributed by atoms with Gasteiger partial charge in [-0.2, -0.15) is 0 Å². The molecular formula is C21H23N5O2S2. The van der Waals surface area contributed by atoms with Gasteiger partial charge in [-0.1, -0.05) is 48.2 Å². The Kier molecular flexibility index (Phi) is 6.49. The topological polar surface area (TPSA) is 94.1 Å². The van der Waals surface area contributed by atoms with Gasteiger partial charge < -0.3 is 15.2 Å². The highest BCUT2D eigenvalue weighted by Gasteiger charge is 2.31. The summed E-state index contributed by atoms with van der Waals surface area (Å²) in [5.41, 5.74) is 6.33. The number of hydrogen-bond acceptors (Lipinski definition) is 6. The van der Waals surface area contributed by atoms with Crippen LogP contribution in [0.2, 0.25) is 0 Å². The van der Waals surface area contributed by atoms with E-state index in [1.54, 1.807) is 11.3 Å². The average molecular weight is 442 g/mol. The van der Waals surface area contributed by atoms with Gasteiger partial charge in [-0.05, 0) is 29.9 Å². The van der Waals surface area contributed by atoms with Crippen molar-refractivity contribution in [2.45, 2.75) is 36.2 Å². The number of amides is 2. The minimum atomic E-state index is -0.419. The van der Waals surface area contributed by atoms with E-state index < -0.39 is 5.25 Å². The van der Waals surface area contributed by atoms with E-state index >= 15 is 0 Å². The molecule has 1 saturated heterocycles. The molecule has 0 spiro atoms. The molecule has 2 amide bonds. The largest absolute Gasteiger partial charge is 0.370 e. The number of aromatic nitrogens is 3. The zero-order valence-electron chi connectivity index (χ0n) is 16.4. The van der Waals surface area contributed by atoms with Gasteiger partial charge in [-0.3, -0.25) is 9.59 Å². The summed E-state index contributed by atoms with van der Waals surface area (Å²) in [5, 5.41) is 10.9. The van der Waals surface area contributed by atoms with Gasteiger partial charge in [0.15, 0.2) is 11.0 Å². The lowest BCUT2D eigenvalue weighted by Gasteiger charge is -2.23. The van der Waals surface area contributed by atoms with Gasteiger partial charge in [0.05, 0.1) is 4.88 Å². The minimum absolute atomic E-state index is 0.0887. The lowest BCUT2D eigenvalue weighted by molar-refractivity contribution is -0.129. The van der Waals surface area contributed by atoms with Crippen LogP contribution in [0, 0.1) is 0 Å². The maximum absolute atomic E-state index is 13.3. The number of nitrogens with zero attached hydrogens (tertiary/aromatic N) is 4. The van der Waals surface area contributed by atoms with E-state index in [0.29, 0.717) is 17.5 Å². The number of benzene rings is 1. The molecule has 156 valence electrons. The molecule has 30 heavy (non-hydrogen) atoms. The Morgan fingerprint density at radius 3 is 2.53 bits per heavy atom. The van der Waals surface area contributed by atoms with Gasteiger partial charge in [0.2, 0.25) is 11.8 Å². The van der Waals surface area contributed by atoms with Crippen molar-refractivity contribution in [3.8, 4) is 10.7 Å². The molecule has 9 heteroatoms. The van der Waals surface area contributed by atoms with Crippen LogP contribution in [-0.4, -0.2) is 44.6 Å². The van der Waals surface area contributed by atoms with Crippen molar-refractivity contribution in [3.05, 3.63) is 53.4 Å². The van der Waals surface area contributed by atoms with E-state index in [2.05, 4.69) is 10.2 Å². The highest BCUT2D eigenvalue weighted by atomic mass is 32.2. The Morgan fingerprint density at radius 1 is 1.10 bits per heavy atom. The highest BCUT2D eigenvalue weighted by Crippen LogP contribution is 2.38. The Hall–Kier alpha value is -2.65. The second kappa shape index (κ2) is 9.44. The number of likely N-dealkylation sites (tertiary alicyclic amines) is 1. The van der Waals surface area contributed by atoms with Crippen molar-refractivity contribution in [2.24, 2.45) is 5.73 Å². The highest BCUT2D eigenvalue weighted by molar-refractivity contribution is 8.00. The molecule has 1 aliphatic rings. The van der Waals surface area contributed by atoms with E-state index in [1.807, 2.05) is 57.3 Å². The van der Waals surface area contributed by atoms with Crippen molar-refractivity contribution in [2.75, 3.05) is 13.1 Å². The molecule has 2 N–H and O–H groups in total. The number of carbonyl (C=O) groups is 2. The number of thioether (sulfide) groups is 1. The molecule has 4 rings (SSSR count). The third-order valence-electron chi connectivity index (χ3n) is 5.01. The maximum Gasteiger partial charge on any atom is 0.240 e. The van der Waals surface area contributed by atoms with Gasteiger partial charge in [0.25, 0.3) is 0 Å². The Morgan fingerprint density at radius 2 is 1.87 bits per heavy atom. The smallest absolute Gasteiger partial charge is 0.240 e. The Labute approximate surface area is 183 Å². The predicted molar refractivity (Wildman–Crippen MR) is 118 cm³/mol. The van der Waals surface area contributed by atoms with Crippen molar-refractivity contribution >= 4 is 34.9 Å². The minimum Gasteiger partial charge on any atom is -0.370 e. The number of primary amides is 1. The molecule has 0 aliphatic carbocycles. The third-order valence-corrected chi connectivity index (χ3v) is 7.10. The number of nitrogens with two attached hydrogens (primary N) is 1. The van der Waals surface area contributed by atoms with Gasteiger partial charge >= 0.3 is 0 Å². The zero-order chi connectivity index (χ0) is 20.9. The van der Waals surface area contributed by atoms with Gasteiger partial charge in [0, 0.05) is 26.1 Å². The Bertz CT molecular complexity index is 998. The summed E-state index contributed by atoms with van der Waals surface area (Å²) in [4.78, 5) is 27.7. The number of carbonyl (C=O) groups excluding carboxylic acids is 2. The van der Waals surface area contributed by atoms with Crippen LogP contribution >= 0.6 is 23.1 Å². The quantitative estimate of drug-likeness (QED) is 0.541. The SMILES string of the molecule is NC(=O)CCn1c(SC(C(=O)N2CCCC2)c2ccccc2)nnc1-c1cccs1. The van der Waals surface area contributed by atoms with Crippen LogP contribution < -0.4 is 5.73 Å². The van der Waals surface area contributed by atoms with Crippen molar-refractivity contribution in [1.29, 1.82) is 0 Å². The fourth-order valence-electron chi connectivity index (χ4n) is 3.49. The number of rotatable bonds is 8. The van der Waals surface area contributed by atoms with Crippen LogP contribution in [0.15, 0.2) is 53.0 Å². The maximum atomic E-state index is 13.3. The molecule has 0 bridgehead atoms. The van der Waals surface area contributed by atoms with E-state index in [1.165, 1.54) is 11.8 Å². The van der Waals surface area contributed by atoms with Gasteiger partial charge in [-0.15, -0.1) is 21.5 Å². The van der Waals surface area contributed by atoms with Crippen LogP contribution in [0.25, 0.3) is 10.7 Å². The molecule has 1 aromatic carbocycles. The van der Waals surface area contributed by atoms with Gasteiger partial charge in [-0.25, -0.2) is 0 Å². The van der Waals surface area contributed by atoms with Crippen molar-refractivity contribution in [3.63, 3.8) is 0 Å². The van der Waals surface area contributed by atoms with E-state index in [0.717, 1.165) is 36.4 Å². The third kappa shape index (κ3) is 4.57. The number of hydrogen-bond donors (Lipinski definition) is 1. The first-order valence-electron chi connectivity index (χ1n) is 9.89. The van der Waals surface area contributed by atoms with Crippen molar-refractivity contribution < 1.29 is 9.59 Å². The molecule has 0 saturated carbocycles. The summed E-state index contributed by atoms with van der Waals surface area (Å²) in [5.74, 6) is 0.393. The molecule has 1 unspecified atom stereocenters. The monoisotopic (exact) mass is 441 g/mol. The van der Waals surface area contributed by atoms with Crippen LogP contribution in [0.4, 0.5) is 0 Å². The predicted octanol–water partition coefficient (Wildman–Crippen LogP) is 3.34. The fourth-order valence-corrected chi connectivity index (χ4v) is 5.35. The molecule has 1 atom stereocenters. The molecule has 0 radical (unpaired) electrons. The molecule has 1 aliphatic heterocycles. The fraction of sp³-hybridized carbons (Fsp3) is 0.333. The average Bonchev–Trinajstić information content (AvgIpc) is 3.52. The zero-order valence-corrected chi connectivity index (χ0v) is 18.1. The summed E-state index contributed by atoms with van der Waals surface area (Å²) in [7, 11) is 0. The summed E-state index contributed by atoms with van der Waals surface area (Å²) in [6.45, 7) is 1.95. The lowest BCUT2D eigenvalue weighted by Crippen LogP contribution is -2.31. The van der Waals surface area contributed by atoms with Crippen LogP contribution in [0.3, 0.4) is 0 Å². The van der Waals surface area contributed by atoms with Crippen molar-refractivity contribution in [1.82, 2.24) is 19.7 Å². The summed E-state index contributed by atoms with van der Waals surface area (Å²) in [6, 6.07) is 13.7. The Balaban J connectivity index is 1.68. The number of thiophene rings is 1. The second-order valence-electron chi connectivity index (χ2n) is 7.09. The summed E-state index contributed by atoms with van der Waals surface area (Å²) < 4.78 is 1.90. The molecule has 3 aromatic rings. The second-order valence-corrected chi connectivity index (χ2v) is 9.11. The molecule has 3 heterocycles. The molecular weight excluding hydrogens is 418 g/mol. The first kappa shape index (κ1) is 20.6. The standard InChI is InChI=1S/C21H23N5O2S2/c22-17(27)10-13-26-19(16-9-6-14-29-16)23-24-21(26)30-18(15-7-2-1-3-8-15)20(28)25-11-4-5-12-25/h1-3,6-9,14,18H,4-5,10-13H2,(H2,22,27). The lowest BCUT2D eigenvalue weighted by atomic mass is 10.1. The summed E-state index contributed by atoms with van der Waals surface area (Å²) in [6.07, 6.45) is 2.25. The first-order valence-corrected chi connectivity index (χ1v) is 11.6. The van der Waals surface area contributed by atoms with E-state index in [4.69, 9.17) is 5.73 Å². The van der Waals surface area contributed by atoms with Crippen LogP contribution in [-0.2, 0) is 16.1 Å². The summed E-state index contributed by atoms with van der Waals surface area (Å²) >= 11 is 2.94. The van der Waals surface area contributed by atoms with Crippen LogP contribution in [0.1, 0.15) is 30.1 Å². The van der Waals surface area contributed by atoms with E-state index in [-0.39, 0.29) is 18.2 Å². The van der Waals surface area contributed by atoms with E-state index in [9.17, 15) is 9.59 Å². The first-order chi connectivity index (χ1) is 14.6. The normalized spacial score (nSPS) is 14.7. The molecule has 2 aromatic heterocycles. The molecule has 1 fully saturated rings. The van der Waals surface area contributed by atoms with Gasteiger partial charge in [0.1, 0.15) is 5.25 Å². The molecule has 7 nitrogen and oxygen atoms in total. The van der Waals surface area contributed by atoms with Crippen LogP contribution in [0.5, 0.6) is 0 Å².